The number of ether oxygens (including phenoxy) is 1. The number of hydrogen-bond acceptors (Lipinski definition) is 5. The first-order valence-corrected chi connectivity index (χ1v) is 14.3. The van der Waals surface area contributed by atoms with E-state index in [2.05, 4.69) is 15.0 Å². The van der Waals surface area contributed by atoms with E-state index in [1.807, 2.05) is 18.2 Å². The lowest BCUT2D eigenvalue weighted by atomic mass is 10.0. The molecule has 2 N–H and O–H groups in total. The molecule has 13 heteroatoms. The number of alkyl halides is 3. The monoisotopic (exact) mass is 587 g/mol. The first kappa shape index (κ1) is 27.5. The van der Waals surface area contributed by atoms with E-state index in [0.29, 0.717) is 33.6 Å². The summed E-state index contributed by atoms with van der Waals surface area (Å²) in [4.78, 5) is 6.30. The van der Waals surface area contributed by atoms with E-state index in [0.717, 1.165) is 18.4 Å². The Hall–Kier alpha value is -4.10. The molecule has 0 aliphatic carbocycles. The van der Waals surface area contributed by atoms with Crippen LogP contribution in [0.1, 0.15) is 29.0 Å². The lowest BCUT2D eigenvalue weighted by Gasteiger charge is -2.29. The predicted octanol–water partition coefficient (Wildman–Crippen LogP) is 5.45. The van der Waals surface area contributed by atoms with Gasteiger partial charge in [0.25, 0.3) is 0 Å². The summed E-state index contributed by atoms with van der Waals surface area (Å²) in [6.45, 7) is 0. The summed E-state index contributed by atoms with van der Waals surface area (Å²) < 4.78 is 74.2. The van der Waals surface area contributed by atoms with Crippen molar-refractivity contribution in [3.05, 3.63) is 102 Å². The van der Waals surface area contributed by atoms with Gasteiger partial charge in [0.05, 0.1) is 36.4 Å². The Balaban J connectivity index is 1.67. The first-order chi connectivity index (χ1) is 19.0. The summed E-state index contributed by atoms with van der Waals surface area (Å²) in [5.41, 5.74) is 1.59. The minimum Gasteiger partial charge on any atom is -0.495 e. The maximum atomic E-state index is 13.5. The smallest absolute Gasteiger partial charge is 0.416 e. The molecule has 2 aromatic carbocycles. The maximum Gasteiger partial charge on any atom is 0.416 e. The molecule has 1 fully saturated rings. The van der Waals surface area contributed by atoms with Gasteiger partial charge in [-0.15, -0.1) is 0 Å². The van der Waals surface area contributed by atoms with Crippen LogP contribution in [0, 0.1) is 0 Å². The SMILES string of the molecule is COc1ccc(N2C(=S)N[C@H](c3ccccn3)[C@@H]2c2cccn2-c2cccc(C(F)(F)F)c2)cc1NS(C)(=O)=O. The average Bonchev–Trinajstić information content (AvgIpc) is 3.52. The summed E-state index contributed by atoms with van der Waals surface area (Å²) in [6.07, 6.45) is -0.144. The number of aromatic nitrogens is 2. The number of methoxy groups -OCH3 is 1. The van der Waals surface area contributed by atoms with Crippen molar-refractivity contribution in [3.8, 4) is 11.4 Å². The van der Waals surface area contributed by atoms with Crippen molar-refractivity contribution in [2.45, 2.75) is 18.3 Å². The van der Waals surface area contributed by atoms with Crippen molar-refractivity contribution in [2.75, 3.05) is 23.0 Å². The topological polar surface area (TPSA) is 88.5 Å². The Morgan fingerprint density at radius 1 is 1.02 bits per heavy atom. The Labute approximate surface area is 234 Å². The lowest BCUT2D eigenvalue weighted by Crippen LogP contribution is -2.30. The Bertz CT molecular complexity index is 1660. The normalized spacial score (nSPS) is 17.5. The van der Waals surface area contributed by atoms with E-state index in [1.165, 1.54) is 13.2 Å². The third-order valence-corrected chi connectivity index (χ3v) is 7.29. The summed E-state index contributed by atoms with van der Waals surface area (Å²) in [7, 11) is -2.21. The van der Waals surface area contributed by atoms with Gasteiger partial charge >= 0.3 is 6.18 Å². The molecule has 1 saturated heterocycles. The molecule has 8 nitrogen and oxygen atoms in total. The standard InChI is InChI=1S/C27H24F3N5O3S2/c1-38-23-12-11-19(16-21(23)33-40(2,36)37)35-25(24(32-26(35)39)20-9-3-4-13-31-20)22-10-6-14-34(22)18-8-5-7-17(15-18)27(28,29)30/h3-16,24-25,33H,1-2H3,(H,32,39)/t24-,25+/m1/s1. The fourth-order valence-electron chi connectivity index (χ4n) is 4.76. The van der Waals surface area contributed by atoms with Crippen LogP contribution in [0.2, 0.25) is 0 Å². The number of benzene rings is 2. The minimum atomic E-state index is -4.51. The Morgan fingerprint density at radius 2 is 1.82 bits per heavy atom. The molecular weight excluding hydrogens is 563 g/mol. The summed E-state index contributed by atoms with van der Waals surface area (Å²) in [5, 5.41) is 3.63. The number of thiocarbonyl (C=S) groups is 1. The molecule has 2 atom stereocenters. The average molecular weight is 588 g/mol. The van der Waals surface area contributed by atoms with Crippen LogP contribution in [-0.2, 0) is 16.2 Å². The number of anilines is 2. The zero-order valence-electron chi connectivity index (χ0n) is 21.3. The van der Waals surface area contributed by atoms with Crippen LogP contribution in [0.5, 0.6) is 5.75 Å². The van der Waals surface area contributed by atoms with Gasteiger partial charge in [-0.3, -0.25) is 9.71 Å². The third-order valence-electron chi connectivity index (χ3n) is 6.39. The van der Waals surface area contributed by atoms with Gasteiger partial charge in [-0.05, 0) is 72.9 Å². The highest BCUT2D eigenvalue weighted by Crippen LogP contribution is 2.44. The summed E-state index contributed by atoms with van der Waals surface area (Å²) in [6, 6.07) is 17.9. The molecule has 40 heavy (non-hydrogen) atoms. The van der Waals surface area contributed by atoms with Gasteiger partial charge in [-0.1, -0.05) is 12.1 Å². The van der Waals surface area contributed by atoms with Crippen LogP contribution < -0.4 is 19.7 Å². The lowest BCUT2D eigenvalue weighted by molar-refractivity contribution is -0.137. The molecule has 2 aromatic heterocycles. The van der Waals surface area contributed by atoms with E-state index in [4.69, 9.17) is 17.0 Å². The largest absolute Gasteiger partial charge is 0.495 e. The van der Waals surface area contributed by atoms with Crippen molar-refractivity contribution in [1.82, 2.24) is 14.9 Å². The molecule has 208 valence electrons. The van der Waals surface area contributed by atoms with Gasteiger partial charge in [0.2, 0.25) is 10.0 Å². The van der Waals surface area contributed by atoms with Crippen LogP contribution >= 0.6 is 12.2 Å². The molecule has 5 rings (SSSR count). The number of hydrogen-bond donors (Lipinski definition) is 2. The van der Waals surface area contributed by atoms with Gasteiger partial charge < -0.3 is 19.5 Å². The fraction of sp³-hybridized carbons (Fsp3) is 0.185. The second kappa shape index (κ2) is 10.5. The van der Waals surface area contributed by atoms with E-state index in [9.17, 15) is 21.6 Å². The molecule has 0 bridgehead atoms. The maximum absolute atomic E-state index is 13.5. The van der Waals surface area contributed by atoms with Crippen molar-refractivity contribution in [3.63, 3.8) is 0 Å². The second-order valence-corrected chi connectivity index (χ2v) is 11.2. The molecule has 0 unspecified atom stereocenters. The van der Waals surface area contributed by atoms with E-state index >= 15 is 0 Å². The number of nitrogens with zero attached hydrogens (tertiary/aromatic N) is 3. The quantitative estimate of drug-likeness (QED) is 0.278. The van der Waals surface area contributed by atoms with Crippen LogP contribution in [0.4, 0.5) is 24.5 Å². The van der Waals surface area contributed by atoms with Crippen molar-refractivity contribution in [1.29, 1.82) is 0 Å². The Morgan fingerprint density at radius 3 is 2.50 bits per heavy atom. The zero-order valence-corrected chi connectivity index (χ0v) is 22.9. The number of rotatable bonds is 7. The van der Waals surface area contributed by atoms with Gasteiger partial charge in [0, 0.05) is 29.5 Å². The molecule has 1 aliphatic heterocycles. The molecule has 0 radical (unpaired) electrons. The van der Waals surface area contributed by atoms with E-state index < -0.39 is 33.8 Å². The Kier molecular flexibility index (Phi) is 7.19. The van der Waals surface area contributed by atoms with Gasteiger partial charge in [-0.25, -0.2) is 8.42 Å². The second-order valence-electron chi connectivity index (χ2n) is 9.11. The fourth-order valence-corrected chi connectivity index (χ4v) is 5.67. The predicted molar refractivity (Wildman–Crippen MR) is 150 cm³/mol. The van der Waals surface area contributed by atoms with Crippen molar-refractivity contribution in [2.24, 2.45) is 0 Å². The van der Waals surface area contributed by atoms with Gasteiger partial charge in [0.1, 0.15) is 11.8 Å². The van der Waals surface area contributed by atoms with Gasteiger partial charge in [-0.2, -0.15) is 13.2 Å². The number of pyridine rings is 1. The number of sulfonamides is 1. The van der Waals surface area contributed by atoms with Crippen molar-refractivity contribution >= 4 is 38.7 Å². The summed E-state index contributed by atoms with van der Waals surface area (Å²) >= 11 is 5.75. The van der Waals surface area contributed by atoms with Crippen LogP contribution in [0.3, 0.4) is 0 Å². The molecule has 1 aliphatic rings. The zero-order chi connectivity index (χ0) is 28.7. The highest BCUT2D eigenvalue weighted by molar-refractivity contribution is 7.92. The molecule has 3 heterocycles. The number of nitrogens with one attached hydrogen (secondary N) is 2. The van der Waals surface area contributed by atoms with Crippen LogP contribution in [0.15, 0.2) is 85.2 Å². The van der Waals surface area contributed by atoms with Crippen LogP contribution in [0.25, 0.3) is 5.69 Å². The van der Waals surface area contributed by atoms with Crippen LogP contribution in [-0.4, -0.2) is 36.4 Å². The summed E-state index contributed by atoms with van der Waals surface area (Å²) in [5.74, 6) is 0.303. The first-order valence-electron chi connectivity index (χ1n) is 12.0. The molecule has 4 aromatic rings. The van der Waals surface area contributed by atoms with Gasteiger partial charge in [0.15, 0.2) is 5.11 Å². The highest BCUT2D eigenvalue weighted by Gasteiger charge is 2.42. The molecule has 0 spiro atoms. The molecular formula is C27H24F3N5O3S2. The highest BCUT2D eigenvalue weighted by atomic mass is 32.2. The molecule has 0 saturated carbocycles. The third kappa shape index (κ3) is 5.47. The minimum absolute atomic E-state index is 0.207. The van der Waals surface area contributed by atoms with E-state index in [-0.39, 0.29) is 5.69 Å². The van der Waals surface area contributed by atoms with Crippen molar-refractivity contribution < 1.29 is 26.3 Å². The molecule has 0 amide bonds. The van der Waals surface area contributed by atoms with E-state index in [1.54, 1.807) is 58.3 Å². The number of halogens is 3.